The van der Waals surface area contributed by atoms with Crippen LogP contribution in [0, 0.1) is 11.8 Å². The molecule has 0 aliphatic heterocycles. The van der Waals surface area contributed by atoms with Crippen LogP contribution in [0.3, 0.4) is 0 Å². The van der Waals surface area contributed by atoms with Gasteiger partial charge in [-0.3, -0.25) is 10.4 Å². The molecule has 2 heteroatoms. The Bertz CT molecular complexity index is 79.3. The van der Waals surface area contributed by atoms with E-state index in [-0.39, 0.29) is 0 Å². The van der Waals surface area contributed by atoms with E-state index < -0.39 is 0 Å². The van der Waals surface area contributed by atoms with Crippen molar-refractivity contribution in [3.63, 3.8) is 0 Å². The molecule has 0 fully saturated rings. The Morgan fingerprint density at radius 3 is 2.00 bits per heavy atom. The third kappa shape index (κ3) is 4.77. The summed E-state index contributed by atoms with van der Waals surface area (Å²) in [6.07, 6.45) is 0. The van der Waals surface area contributed by atoms with Crippen LogP contribution in [0.25, 0.3) is 0 Å². The van der Waals surface area contributed by atoms with Crippen molar-refractivity contribution in [1.82, 2.24) is 10.4 Å². The SMILES string of the molecule is CC(C)C(C)CNN(C)C. The maximum atomic E-state index is 3.26. The second-order valence-corrected chi connectivity index (χ2v) is 3.48. The quantitative estimate of drug-likeness (QED) is 0.599. The molecule has 62 valence electrons. The molecule has 0 rings (SSSR count). The highest BCUT2D eigenvalue weighted by Crippen LogP contribution is 2.07. The highest BCUT2D eigenvalue weighted by atomic mass is 15.5. The lowest BCUT2D eigenvalue weighted by atomic mass is 9.99. The molecule has 1 N–H and O–H groups in total. The van der Waals surface area contributed by atoms with Gasteiger partial charge >= 0.3 is 0 Å². The molecule has 0 saturated heterocycles. The summed E-state index contributed by atoms with van der Waals surface area (Å²) in [6.45, 7) is 7.84. The molecule has 1 unspecified atom stereocenters. The molecule has 1 atom stereocenters. The van der Waals surface area contributed by atoms with Crippen LogP contribution < -0.4 is 5.43 Å². The van der Waals surface area contributed by atoms with Crippen molar-refractivity contribution < 1.29 is 0 Å². The van der Waals surface area contributed by atoms with Gasteiger partial charge in [-0.1, -0.05) is 20.8 Å². The first-order valence-electron chi connectivity index (χ1n) is 3.95. The topological polar surface area (TPSA) is 15.3 Å². The zero-order valence-electron chi connectivity index (χ0n) is 7.81. The molecule has 0 radical (unpaired) electrons. The molecule has 0 aliphatic carbocycles. The molecule has 0 bridgehead atoms. The first-order chi connectivity index (χ1) is 4.54. The van der Waals surface area contributed by atoms with Crippen LogP contribution in [0.2, 0.25) is 0 Å². The summed E-state index contributed by atoms with van der Waals surface area (Å²) in [5, 5.41) is 2.00. The Morgan fingerprint density at radius 2 is 1.70 bits per heavy atom. The molecule has 2 nitrogen and oxygen atoms in total. The van der Waals surface area contributed by atoms with Crippen LogP contribution in [0.15, 0.2) is 0 Å². The predicted molar refractivity (Wildman–Crippen MR) is 45.7 cm³/mol. The lowest BCUT2D eigenvalue weighted by Crippen LogP contribution is -2.35. The van der Waals surface area contributed by atoms with Crippen LogP contribution in [0.1, 0.15) is 20.8 Å². The van der Waals surface area contributed by atoms with E-state index in [1.54, 1.807) is 0 Å². The van der Waals surface area contributed by atoms with E-state index in [0.717, 1.165) is 18.4 Å². The Hall–Kier alpha value is -0.0800. The molecule has 0 aromatic carbocycles. The van der Waals surface area contributed by atoms with Crippen molar-refractivity contribution in [3.05, 3.63) is 0 Å². The number of nitrogens with one attached hydrogen (secondary N) is 1. The van der Waals surface area contributed by atoms with Crippen LogP contribution in [0.5, 0.6) is 0 Å². The molecule has 0 amide bonds. The third-order valence-electron chi connectivity index (χ3n) is 1.87. The van der Waals surface area contributed by atoms with Gasteiger partial charge in [0.1, 0.15) is 0 Å². The van der Waals surface area contributed by atoms with E-state index in [0.29, 0.717) is 0 Å². The van der Waals surface area contributed by atoms with Crippen molar-refractivity contribution in [2.75, 3.05) is 20.6 Å². The predicted octanol–water partition coefficient (Wildman–Crippen LogP) is 1.34. The van der Waals surface area contributed by atoms with Crippen molar-refractivity contribution in [2.24, 2.45) is 11.8 Å². The zero-order valence-corrected chi connectivity index (χ0v) is 7.81. The van der Waals surface area contributed by atoms with Crippen molar-refractivity contribution in [3.8, 4) is 0 Å². The van der Waals surface area contributed by atoms with Gasteiger partial charge in [0, 0.05) is 20.6 Å². The van der Waals surface area contributed by atoms with Gasteiger partial charge in [0.15, 0.2) is 0 Å². The first kappa shape index (κ1) is 9.92. The second-order valence-electron chi connectivity index (χ2n) is 3.48. The molecule has 0 aromatic rings. The van der Waals surface area contributed by atoms with E-state index in [9.17, 15) is 0 Å². The van der Waals surface area contributed by atoms with E-state index >= 15 is 0 Å². The molecule has 0 aromatic heterocycles. The lowest BCUT2D eigenvalue weighted by Gasteiger charge is -2.19. The molecular weight excluding hydrogens is 124 g/mol. The van der Waals surface area contributed by atoms with Gasteiger partial charge < -0.3 is 0 Å². The maximum Gasteiger partial charge on any atom is 0.0130 e. The smallest absolute Gasteiger partial charge is 0.0130 e. The third-order valence-corrected chi connectivity index (χ3v) is 1.87. The molecule has 0 aliphatic rings. The highest BCUT2D eigenvalue weighted by Gasteiger charge is 2.05. The van der Waals surface area contributed by atoms with Crippen molar-refractivity contribution in [1.29, 1.82) is 0 Å². The van der Waals surface area contributed by atoms with Crippen molar-refractivity contribution >= 4 is 0 Å². The summed E-state index contributed by atoms with van der Waals surface area (Å²) >= 11 is 0. The highest BCUT2D eigenvalue weighted by molar-refractivity contribution is 4.57. The number of hydrogen-bond donors (Lipinski definition) is 1. The zero-order chi connectivity index (χ0) is 8.15. The Morgan fingerprint density at radius 1 is 1.20 bits per heavy atom. The van der Waals surface area contributed by atoms with Gasteiger partial charge in [-0.2, -0.15) is 0 Å². The average Bonchev–Trinajstić information content (AvgIpc) is 1.82. The molecule has 0 spiro atoms. The minimum atomic E-state index is 0.752. The van der Waals surface area contributed by atoms with Gasteiger partial charge in [0.2, 0.25) is 0 Å². The van der Waals surface area contributed by atoms with Gasteiger partial charge in [-0.05, 0) is 11.8 Å². The van der Waals surface area contributed by atoms with Gasteiger partial charge in [0.05, 0.1) is 0 Å². The number of nitrogens with zero attached hydrogens (tertiary/aromatic N) is 1. The van der Waals surface area contributed by atoms with E-state index in [1.165, 1.54) is 0 Å². The summed E-state index contributed by atoms with van der Waals surface area (Å²) in [5.41, 5.74) is 3.26. The number of hydrazine groups is 1. The summed E-state index contributed by atoms with van der Waals surface area (Å²) in [4.78, 5) is 0. The average molecular weight is 144 g/mol. The largest absolute Gasteiger partial charge is 0.255 e. The van der Waals surface area contributed by atoms with Gasteiger partial charge in [-0.15, -0.1) is 0 Å². The summed E-state index contributed by atoms with van der Waals surface area (Å²) in [7, 11) is 4.04. The fourth-order valence-corrected chi connectivity index (χ4v) is 0.562. The summed E-state index contributed by atoms with van der Waals surface area (Å²) in [6, 6.07) is 0. The van der Waals surface area contributed by atoms with Crippen LogP contribution in [-0.4, -0.2) is 25.6 Å². The molecule has 0 saturated carbocycles. The standard InChI is InChI=1S/C8H20N2/c1-7(2)8(3)6-9-10(4)5/h7-9H,6H2,1-5H3. The molecular formula is C8H20N2. The van der Waals surface area contributed by atoms with Gasteiger partial charge in [0.25, 0.3) is 0 Å². The van der Waals surface area contributed by atoms with Gasteiger partial charge in [-0.25, -0.2) is 0 Å². The van der Waals surface area contributed by atoms with E-state index in [1.807, 2.05) is 19.1 Å². The minimum absolute atomic E-state index is 0.752. The minimum Gasteiger partial charge on any atom is -0.255 e. The first-order valence-corrected chi connectivity index (χ1v) is 3.95. The Balaban J connectivity index is 3.30. The van der Waals surface area contributed by atoms with Crippen LogP contribution in [-0.2, 0) is 0 Å². The monoisotopic (exact) mass is 144 g/mol. The summed E-state index contributed by atoms with van der Waals surface area (Å²) < 4.78 is 0. The van der Waals surface area contributed by atoms with E-state index in [2.05, 4.69) is 26.2 Å². The maximum absolute atomic E-state index is 3.26. The Labute approximate surface area is 64.6 Å². The fourth-order valence-electron chi connectivity index (χ4n) is 0.562. The second kappa shape index (κ2) is 4.69. The fraction of sp³-hybridized carbons (Fsp3) is 1.00. The van der Waals surface area contributed by atoms with Crippen LogP contribution >= 0.6 is 0 Å². The van der Waals surface area contributed by atoms with E-state index in [4.69, 9.17) is 0 Å². The molecule has 10 heavy (non-hydrogen) atoms. The Kier molecular flexibility index (Phi) is 4.65. The number of hydrogen-bond acceptors (Lipinski definition) is 2. The lowest BCUT2D eigenvalue weighted by molar-refractivity contribution is 0.246. The number of rotatable bonds is 4. The normalized spacial score (nSPS) is 14.7. The molecule has 0 heterocycles. The van der Waals surface area contributed by atoms with Crippen molar-refractivity contribution in [2.45, 2.75) is 20.8 Å². The van der Waals surface area contributed by atoms with Crippen LogP contribution in [0.4, 0.5) is 0 Å². The summed E-state index contributed by atoms with van der Waals surface area (Å²) in [5.74, 6) is 1.52.